The van der Waals surface area contributed by atoms with Crippen molar-refractivity contribution in [2.45, 2.75) is 43.4 Å². The maximum Gasteiger partial charge on any atom is 0.276 e. The summed E-state index contributed by atoms with van der Waals surface area (Å²) in [5.41, 5.74) is 0. The second kappa shape index (κ2) is 4.36. The lowest BCUT2D eigenvalue weighted by Crippen LogP contribution is -2.59. The molecule has 2 bridgehead atoms. The van der Waals surface area contributed by atoms with Crippen LogP contribution in [0, 0.1) is 6.92 Å². The van der Waals surface area contributed by atoms with Crippen LogP contribution in [-0.2, 0) is 10.0 Å². The fraction of sp³-hybridized carbons (Fsp3) is 0.667. The fourth-order valence-electron chi connectivity index (χ4n) is 2.84. The molecule has 2 aliphatic rings. The van der Waals surface area contributed by atoms with Crippen LogP contribution in [0.15, 0.2) is 21.6 Å². The fourth-order valence-corrected chi connectivity index (χ4v) is 4.32. The van der Waals surface area contributed by atoms with Crippen LogP contribution in [0.4, 0.5) is 0 Å². The van der Waals surface area contributed by atoms with Crippen molar-refractivity contribution >= 4 is 10.0 Å². The number of nitrogens with zero attached hydrogens (tertiary/aromatic N) is 1. The van der Waals surface area contributed by atoms with Gasteiger partial charge in [-0.15, -0.1) is 0 Å². The lowest BCUT2D eigenvalue weighted by Gasteiger charge is -2.41. The largest absolute Gasteiger partial charge is 0.449 e. The topological polar surface area (TPSA) is 62.6 Å². The number of furan rings is 1. The van der Waals surface area contributed by atoms with Crippen LogP contribution in [-0.4, -0.2) is 37.9 Å². The van der Waals surface area contributed by atoms with E-state index >= 15 is 0 Å². The van der Waals surface area contributed by atoms with Crippen molar-refractivity contribution in [2.24, 2.45) is 0 Å². The Kier molecular flexibility index (Phi) is 2.96. The van der Waals surface area contributed by atoms with Crippen molar-refractivity contribution < 1.29 is 12.8 Å². The van der Waals surface area contributed by atoms with E-state index in [0.717, 1.165) is 12.8 Å². The molecule has 2 saturated heterocycles. The summed E-state index contributed by atoms with van der Waals surface area (Å²) in [5.74, 6) is 0.629. The van der Waals surface area contributed by atoms with E-state index in [0.29, 0.717) is 30.9 Å². The van der Waals surface area contributed by atoms with E-state index in [2.05, 4.69) is 5.32 Å². The van der Waals surface area contributed by atoms with Gasteiger partial charge in [0.2, 0.25) is 5.09 Å². The van der Waals surface area contributed by atoms with E-state index in [9.17, 15) is 8.42 Å². The third kappa shape index (κ3) is 2.08. The molecular weight excluding hydrogens is 252 g/mol. The summed E-state index contributed by atoms with van der Waals surface area (Å²) in [6, 6.07) is 3.82. The van der Waals surface area contributed by atoms with Crippen LogP contribution in [0.5, 0.6) is 0 Å². The Balaban J connectivity index is 1.86. The third-order valence-electron chi connectivity index (χ3n) is 3.73. The predicted octanol–water partition coefficient (Wildman–Crippen LogP) is 1.10. The Hall–Kier alpha value is -0.850. The molecule has 100 valence electrons. The van der Waals surface area contributed by atoms with Gasteiger partial charge in [-0.2, -0.15) is 4.31 Å². The summed E-state index contributed by atoms with van der Waals surface area (Å²) in [7, 11) is -3.46. The molecule has 1 aromatic rings. The van der Waals surface area contributed by atoms with Gasteiger partial charge in [-0.25, -0.2) is 8.42 Å². The average molecular weight is 270 g/mol. The molecule has 3 heterocycles. The molecule has 5 nitrogen and oxygen atoms in total. The first-order valence-electron chi connectivity index (χ1n) is 6.38. The Morgan fingerprint density at radius 3 is 2.50 bits per heavy atom. The number of sulfonamides is 1. The minimum atomic E-state index is -3.46. The Labute approximate surface area is 107 Å². The van der Waals surface area contributed by atoms with E-state index < -0.39 is 10.0 Å². The highest BCUT2D eigenvalue weighted by atomic mass is 32.2. The second-order valence-corrected chi connectivity index (χ2v) is 7.05. The quantitative estimate of drug-likeness (QED) is 0.874. The minimum absolute atomic E-state index is 0.0694. The molecule has 2 aliphatic heterocycles. The van der Waals surface area contributed by atoms with Crippen molar-refractivity contribution in [1.29, 1.82) is 0 Å². The SMILES string of the molecule is Cc1ccc(S(=O)(=O)N2CC3CCCC(C2)N3)o1. The molecule has 2 unspecified atom stereocenters. The van der Waals surface area contributed by atoms with Crippen molar-refractivity contribution in [1.82, 2.24) is 9.62 Å². The lowest BCUT2D eigenvalue weighted by atomic mass is 9.96. The summed E-state index contributed by atoms with van der Waals surface area (Å²) in [4.78, 5) is 0. The molecule has 0 amide bonds. The molecule has 0 radical (unpaired) electrons. The molecule has 2 fully saturated rings. The molecule has 1 N–H and O–H groups in total. The first-order chi connectivity index (χ1) is 8.55. The minimum Gasteiger partial charge on any atom is -0.449 e. The first-order valence-corrected chi connectivity index (χ1v) is 7.82. The first kappa shape index (κ1) is 12.2. The zero-order chi connectivity index (χ0) is 12.8. The molecule has 3 rings (SSSR count). The molecule has 1 aromatic heterocycles. The summed E-state index contributed by atoms with van der Waals surface area (Å²) < 4.78 is 31.7. The van der Waals surface area contributed by atoms with Crippen LogP contribution in [0.25, 0.3) is 0 Å². The van der Waals surface area contributed by atoms with Gasteiger partial charge in [0.25, 0.3) is 10.0 Å². The Bertz CT molecular complexity index is 525. The standard InChI is InChI=1S/C12H18N2O3S/c1-9-5-6-12(17-9)18(15,16)14-7-10-3-2-4-11(8-14)13-10/h5-6,10-11,13H,2-4,7-8H2,1H3. The summed E-state index contributed by atoms with van der Waals surface area (Å²) in [5, 5.41) is 3.54. The molecule has 0 aromatic carbocycles. The zero-order valence-corrected chi connectivity index (χ0v) is 11.2. The number of hydrogen-bond acceptors (Lipinski definition) is 4. The van der Waals surface area contributed by atoms with Gasteiger partial charge in [0.05, 0.1) is 0 Å². The molecule has 0 spiro atoms. The Morgan fingerprint density at radius 1 is 1.28 bits per heavy atom. The number of hydrogen-bond donors (Lipinski definition) is 1. The summed E-state index contributed by atoms with van der Waals surface area (Å²) >= 11 is 0. The smallest absolute Gasteiger partial charge is 0.276 e. The molecule has 18 heavy (non-hydrogen) atoms. The molecule has 0 aliphatic carbocycles. The van der Waals surface area contributed by atoms with E-state index in [-0.39, 0.29) is 5.09 Å². The number of rotatable bonds is 2. The van der Waals surface area contributed by atoms with E-state index in [1.54, 1.807) is 23.4 Å². The van der Waals surface area contributed by atoms with E-state index in [1.165, 1.54) is 6.42 Å². The summed E-state index contributed by atoms with van der Waals surface area (Å²) in [6.07, 6.45) is 3.30. The van der Waals surface area contributed by atoms with Gasteiger partial charge < -0.3 is 9.73 Å². The van der Waals surface area contributed by atoms with Gasteiger partial charge in [0.15, 0.2) is 0 Å². The lowest BCUT2D eigenvalue weighted by molar-refractivity contribution is 0.188. The molecular formula is C12H18N2O3S. The van der Waals surface area contributed by atoms with Gasteiger partial charge in [0.1, 0.15) is 5.76 Å². The van der Waals surface area contributed by atoms with Gasteiger partial charge in [-0.05, 0) is 31.9 Å². The Morgan fingerprint density at radius 2 is 1.94 bits per heavy atom. The highest BCUT2D eigenvalue weighted by molar-refractivity contribution is 7.89. The van der Waals surface area contributed by atoms with Crippen LogP contribution in [0.3, 0.4) is 0 Å². The normalized spacial score (nSPS) is 29.4. The van der Waals surface area contributed by atoms with Gasteiger partial charge in [-0.1, -0.05) is 6.42 Å². The highest BCUT2D eigenvalue weighted by Crippen LogP contribution is 2.25. The monoisotopic (exact) mass is 270 g/mol. The van der Waals surface area contributed by atoms with E-state index in [1.807, 2.05) is 0 Å². The molecule has 6 heteroatoms. The van der Waals surface area contributed by atoms with Crippen molar-refractivity contribution in [3.05, 3.63) is 17.9 Å². The van der Waals surface area contributed by atoms with Crippen LogP contribution >= 0.6 is 0 Å². The van der Waals surface area contributed by atoms with Gasteiger partial charge >= 0.3 is 0 Å². The maximum atomic E-state index is 12.4. The number of nitrogens with one attached hydrogen (secondary N) is 1. The van der Waals surface area contributed by atoms with Crippen LogP contribution in [0.2, 0.25) is 0 Å². The molecule has 2 atom stereocenters. The second-order valence-electron chi connectivity index (χ2n) is 5.18. The van der Waals surface area contributed by atoms with E-state index in [4.69, 9.17) is 4.42 Å². The van der Waals surface area contributed by atoms with Crippen molar-refractivity contribution in [3.63, 3.8) is 0 Å². The number of aryl methyl sites for hydroxylation is 1. The average Bonchev–Trinajstić information content (AvgIpc) is 2.76. The number of piperidine rings is 1. The third-order valence-corrected chi connectivity index (χ3v) is 5.44. The number of fused-ring (bicyclic) bond motifs is 2. The van der Waals surface area contributed by atoms with Gasteiger partial charge in [0, 0.05) is 25.2 Å². The van der Waals surface area contributed by atoms with Crippen molar-refractivity contribution in [3.8, 4) is 0 Å². The van der Waals surface area contributed by atoms with Crippen LogP contribution in [0.1, 0.15) is 25.0 Å². The van der Waals surface area contributed by atoms with Gasteiger partial charge in [-0.3, -0.25) is 0 Å². The van der Waals surface area contributed by atoms with Crippen molar-refractivity contribution in [2.75, 3.05) is 13.1 Å². The maximum absolute atomic E-state index is 12.4. The number of piperazine rings is 1. The summed E-state index contributed by atoms with van der Waals surface area (Å²) in [6.45, 7) is 2.86. The zero-order valence-electron chi connectivity index (χ0n) is 10.4. The highest BCUT2D eigenvalue weighted by Gasteiger charge is 2.37. The van der Waals surface area contributed by atoms with Crippen LogP contribution < -0.4 is 5.32 Å². The predicted molar refractivity (Wildman–Crippen MR) is 66.8 cm³/mol. The molecule has 0 saturated carbocycles.